The van der Waals surface area contributed by atoms with Crippen LogP contribution in [0.4, 0.5) is 0 Å². The quantitative estimate of drug-likeness (QED) is 0.733. The highest BCUT2D eigenvalue weighted by molar-refractivity contribution is 5.80. The van der Waals surface area contributed by atoms with Crippen LogP contribution < -0.4 is 5.32 Å². The molecular weight excluding hydrogens is 208 g/mol. The number of carbonyl (C=O) groups excluding carboxylic acids is 1. The van der Waals surface area contributed by atoms with Gasteiger partial charge >= 0.3 is 5.97 Å². The van der Waals surface area contributed by atoms with Crippen molar-refractivity contribution in [3.63, 3.8) is 0 Å². The molecule has 1 aliphatic heterocycles. The fourth-order valence-electron chi connectivity index (χ4n) is 1.90. The molecule has 1 rings (SSSR count). The highest BCUT2D eigenvalue weighted by atomic mass is 16.4. The second kappa shape index (κ2) is 5.84. The summed E-state index contributed by atoms with van der Waals surface area (Å²) in [6.07, 6.45) is 3.26. The number of hydrogen-bond acceptors (Lipinski definition) is 3. The van der Waals surface area contributed by atoms with Crippen LogP contribution in [0, 0.1) is 0 Å². The third kappa shape index (κ3) is 3.48. The second-order valence-electron chi connectivity index (χ2n) is 4.37. The van der Waals surface area contributed by atoms with Gasteiger partial charge in [-0.1, -0.05) is 0 Å². The Kier molecular flexibility index (Phi) is 4.73. The number of hydrogen-bond donors (Lipinski definition) is 2. The van der Waals surface area contributed by atoms with E-state index in [4.69, 9.17) is 5.11 Å². The SMILES string of the molecule is CC1CCCCN1C(=O)CN[C@H](C)C(=O)O. The lowest BCUT2D eigenvalue weighted by Crippen LogP contribution is -2.48. The first-order chi connectivity index (χ1) is 7.52. The zero-order valence-corrected chi connectivity index (χ0v) is 9.90. The minimum absolute atomic E-state index is 0.000278. The Morgan fingerprint density at radius 3 is 2.75 bits per heavy atom. The average molecular weight is 228 g/mol. The van der Waals surface area contributed by atoms with Gasteiger partial charge in [-0.05, 0) is 33.1 Å². The maximum absolute atomic E-state index is 11.8. The lowest BCUT2D eigenvalue weighted by molar-refractivity contribution is -0.139. The van der Waals surface area contributed by atoms with E-state index in [1.165, 1.54) is 13.3 Å². The van der Waals surface area contributed by atoms with Gasteiger partial charge in [0.05, 0.1) is 6.54 Å². The van der Waals surface area contributed by atoms with E-state index in [-0.39, 0.29) is 18.5 Å². The van der Waals surface area contributed by atoms with E-state index >= 15 is 0 Å². The number of rotatable bonds is 4. The van der Waals surface area contributed by atoms with Gasteiger partial charge in [-0.15, -0.1) is 0 Å². The summed E-state index contributed by atoms with van der Waals surface area (Å²) >= 11 is 0. The molecule has 0 radical (unpaired) electrons. The summed E-state index contributed by atoms with van der Waals surface area (Å²) in [7, 11) is 0. The number of nitrogens with one attached hydrogen (secondary N) is 1. The molecule has 0 bridgehead atoms. The molecule has 16 heavy (non-hydrogen) atoms. The Balaban J connectivity index is 2.36. The van der Waals surface area contributed by atoms with E-state index in [2.05, 4.69) is 5.32 Å². The second-order valence-corrected chi connectivity index (χ2v) is 4.37. The molecule has 0 spiro atoms. The fourth-order valence-corrected chi connectivity index (χ4v) is 1.90. The standard InChI is InChI=1S/C11H20N2O3/c1-8-5-3-4-6-13(8)10(14)7-12-9(2)11(15)16/h8-9,12H,3-7H2,1-2H3,(H,15,16)/t8?,9-/m1/s1. The van der Waals surface area contributed by atoms with E-state index < -0.39 is 12.0 Å². The van der Waals surface area contributed by atoms with Crippen LogP contribution in [-0.4, -0.2) is 47.1 Å². The summed E-state index contributed by atoms with van der Waals surface area (Å²) in [4.78, 5) is 24.2. The summed E-state index contributed by atoms with van der Waals surface area (Å²) in [6, 6.07) is -0.396. The van der Waals surface area contributed by atoms with Crippen molar-refractivity contribution in [2.45, 2.75) is 45.2 Å². The van der Waals surface area contributed by atoms with Crippen LogP contribution in [0.3, 0.4) is 0 Å². The largest absolute Gasteiger partial charge is 0.480 e. The minimum Gasteiger partial charge on any atom is -0.480 e. The molecule has 1 saturated heterocycles. The lowest BCUT2D eigenvalue weighted by atomic mass is 10.0. The summed E-state index contributed by atoms with van der Waals surface area (Å²) in [6.45, 7) is 4.48. The molecule has 0 aromatic heterocycles. The van der Waals surface area contributed by atoms with Gasteiger partial charge in [0.25, 0.3) is 0 Å². The van der Waals surface area contributed by atoms with Gasteiger partial charge in [0.2, 0.25) is 5.91 Å². The number of likely N-dealkylation sites (tertiary alicyclic amines) is 1. The molecule has 0 saturated carbocycles. The smallest absolute Gasteiger partial charge is 0.320 e. The molecule has 1 fully saturated rings. The predicted octanol–water partition coefficient (Wildman–Crippen LogP) is 0.450. The number of aliphatic carboxylic acids is 1. The number of carbonyl (C=O) groups is 2. The maximum atomic E-state index is 11.8. The Morgan fingerprint density at radius 2 is 2.19 bits per heavy atom. The summed E-state index contributed by atoms with van der Waals surface area (Å²) in [5.41, 5.74) is 0. The third-order valence-corrected chi connectivity index (χ3v) is 3.05. The summed E-state index contributed by atoms with van der Waals surface area (Å²) in [5, 5.41) is 11.4. The van der Waals surface area contributed by atoms with Gasteiger partial charge in [-0.2, -0.15) is 0 Å². The zero-order chi connectivity index (χ0) is 12.1. The van der Waals surface area contributed by atoms with E-state index in [1.807, 2.05) is 11.8 Å². The van der Waals surface area contributed by atoms with Crippen molar-refractivity contribution in [2.24, 2.45) is 0 Å². The van der Waals surface area contributed by atoms with Gasteiger partial charge < -0.3 is 10.0 Å². The Bertz CT molecular complexity index is 268. The third-order valence-electron chi connectivity index (χ3n) is 3.05. The molecular formula is C11H20N2O3. The van der Waals surface area contributed by atoms with Crippen LogP contribution in [0.1, 0.15) is 33.1 Å². The monoisotopic (exact) mass is 228 g/mol. The molecule has 1 unspecified atom stereocenters. The number of nitrogens with zero attached hydrogens (tertiary/aromatic N) is 1. The van der Waals surface area contributed by atoms with Crippen molar-refractivity contribution >= 4 is 11.9 Å². The van der Waals surface area contributed by atoms with Crippen molar-refractivity contribution in [3.8, 4) is 0 Å². The van der Waals surface area contributed by atoms with Crippen LogP contribution in [0.2, 0.25) is 0 Å². The first-order valence-corrected chi connectivity index (χ1v) is 5.78. The zero-order valence-electron chi connectivity index (χ0n) is 9.90. The van der Waals surface area contributed by atoms with E-state index in [1.54, 1.807) is 0 Å². The Labute approximate surface area is 95.8 Å². The normalized spacial score (nSPS) is 22.9. The highest BCUT2D eigenvalue weighted by Gasteiger charge is 2.23. The van der Waals surface area contributed by atoms with Crippen molar-refractivity contribution in [3.05, 3.63) is 0 Å². The van der Waals surface area contributed by atoms with Gasteiger partial charge in [-0.25, -0.2) is 0 Å². The summed E-state index contributed by atoms with van der Waals surface area (Å²) < 4.78 is 0. The lowest BCUT2D eigenvalue weighted by Gasteiger charge is -2.33. The van der Waals surface area contributed by atoms with Crippen molar-refractivity contribution in [2.75, 3.05) is 13.1 Å². The van der Waals surface area contributed by atoms with Crippen LogP contribution in [0.25, 0.3) is 0 Å². The van der Waals surface area contributed by atoms with E-state index in [0.717, 1.165) is 19.4 Å². The molecule has 2 atom stereocenters. The van der Waals surface area contributed by atoms with Gasteiger partial charge in [0.15, 0.2) is 0 Å². The van der Waals surface area contributed by atoms with Gasteiger partial charge in [0, 0.05) is 12.6 Å². The van der Waals surface area contributed by atoms with Gasteiger partial charge in [-0.3, -0.25) is 14.9 Å². The van der Waals surface area contributed by atoms with Crippen LogP contribution in [0.15, 0.2) is 0 Å². The van der Waals surface area contributed by atoms with Crippen LogP contribution >= 0.6 is 0 Å². The fraction of sp³-hybridized carbons (Fsp3) is 0.818. The topological polar surface area (TPSA) is 69.6 Å². The highest BCUT2D eigenvalue weighted by Crippen LogP contribution is 2.15. The summed E-state index contributed by atoms with van der Waals surface area (Å²) in [5.74, 6) is -0.931. The molecule has 92 valence electrons. The first-order valence-electron chi connectivity index (χ1n) is 5.78. The maximum Gasteiger partial charge on any atom is 0.320 e. The Morgan fingerprint density at radius 1 is 1.50 bits per heavy atom. The van der Waals surface area contributed by atoms with Gasteiger partial charge in [0.1, 0.15) is 6.04 Å². The number of carboxylic acids is 1. The molecule has 2 N–H and O–H groups in total. The number of piperidine rings is 1. The van der Waals surface area contributed by atoms with E-state index in [0.29, 0.717) is 0 Å². The molecule has 1 amide bonds. The number of carboxylic acid groups (broad SMARTS) is 1. The molecule has 1 aliphatic rings. The van der Waals surface area contributed by atoms with Crippen molar-refractivity contribution < 1.29 is 14.7 Å². The molecule has 5 nitrogen and oxygen atoms in total. The average Bonchev–Trinajstić information content (AvgIpc) is 2.25. The van der Waals surface area contributed by atoms with Crippen molar-refractivity contribution in [1.82, 2.24) is 10.2 Å². The molecule has 0 aromatic rings. The Hall–Kier alpha value is -1.10. The van der Waals surface area contributed by atoms with Crippen LogP contribution in [-0.2, 0) is 9.59 Å². The molecule has 1 heterocycles. The molecule has 0 aromatic carbocycles. The predicted molar refractivity (Wildman–Crippen MR) is 60.1 cm³/mol. The molecule has 0 aliphatic carbocycles. The van der Waals surface area contributed by atoms with Crippen LogP contribution in [0.5, 0.6) is 0 Å². The van der Waals surface area contributed by atoms with E-state index in [9.17, 15) is 9.59 Å². The first kappa shape index (κ1) is 13.0. The number of amides is 1. The van der Waals surface area contributed by atoms with Crippen molar-refractivity contribution in [1.29, 1.82) is 0 Å². The minimum atomic E-state index is -0.931. The molecule has 5 heteroatoms.